The fourth-order valence-electron chi connectivity index (χ4n) is 3.08. The summed E-state index contributed by atoms with van der Waals surface area (Å²) in [6.45, 7) is 4.49. The highest BCUT2D eigenvalue weighted by molar-refractivity contribution is 6.55. The lowest BCUT2D eigenvalue weighted by Gasteiger charge is -2.04. The van der Waals surface area contributed by atoms with E-state index in [2.05, 4.69) is 15.5 Å². The zero-order valence-corrected chi connectivity index (χ0v) is 15.5. The lowest BCUT2D eigenvalue weighted by Crippen LogP contribution is -2.28. The van der Waals surface area contributed by atoms with Gasteiger partial charge in [0, 0.05) is 18.5 Å². The van der Waals surface area contributed by atoms with Crippen LogP contribution in [0.2, 0.25) is 0 Å². The van der Waals surface area contributed by atoms with Crippen LogP contribution in [0.1, 0.15) is 19.7 Å². The molecule has 1 heterocycles. The molecule has 1 N–H and O–H groups in total. The van der Waals surface area contributed by atoms with Crippen LogP contribution in [0.25, 0.3) is 11.5 Å². The standard InChI is InChI=1S/C18H19Cl2N3O2/c1-18(2)12(10-13(19)20)15(18)16(24)21-9-8-14-22-23-17(25-14)11-6-4-3-5-7-11/h3-7,10,12,15H,8-9H2,1-2H3,(H,21,24). The molecule has 0 saturated heterocycles. The summed E-state index contributed by atoms with van der Waals surface area (Å²) < 4.78 is 5.83. The molecule has 5 nitrogen and oxygen atoms in total. The lowest BCUT2D eigenvalue weighted by molar-refractivity contribution is -0.123. The van der Waals surface area contributed by atoms with E-state index in [-0.39, 0.29) is 27.6 Å². The van der Waals surface area contributed by atoms with Crippen molar-refractivity contribution in [3.05, 3.63) is 46.8 Å². The minimum absolute atomic E-state index is 0.0105. The molecule has 2 aromatic rings. The van der Waals surface area contributed by atoms with E-state index in [4.69, 9.17) is 27.6 Å². The van der Waals surface area contributed by atoms with Gasteiger partial charge in [0.05, 0.1) is 5.92 Å². The summed E-state index contributed by atoms with van der Waals surface area (Å²) in [6.07, 6.45) is 2.22. The number of hydrogen-bond donors (Lipinski definition) is 1. The van der Waals surface area contributed by atoms with Crippen LogP contribution >= 0.6 is 23.2 Å². The van der Waals surface area contributed by atoms with Gasteiger partial charge >= 0.3 is 0 Å². The average Bonchev–Trinajstić information content (AvgIpc) is 2.92. The van der Waals surface area contributed by atoms with Crippen molar-refractivity contribution in [1.82, 2.24) is 15.5 Å². The Morgan fingerprint density at radius 3 is 2.68 bits per heavy atom. The number of halogens is 2. The molecule has 0 radical (unpaired) electrons. The first-order valence-corrected chi connectivity index (χ1v) is 8.83. The number of nitrogens with zero attached hydrogens (tertiary/aromatic N) is 2. The third-order valence-corrected chi connectivity index (χ3v) is 4.88. The van der Waals surface area contributed by atoms with Gasteiger partial charge in [-0.1, -0.05) is 55.2 Å². The summed E-state index contributed by atoms with van der Waals surface area (Å²) >= 11 is 11.4. The summed E-state index contributed by atoms with van der Waals surface area (Å²) in [7, 11) is 0. The van der Waals surface area contributed by atoms with Crippen molar-refractivity contribution in [3.63, 3.8) is 0 Å². The Labute approximate surface area is 156 Å². The molecule has 0 bridgehead atoms. The van der Waals surface area contributed by atoms with Crippen LogP contribution in [0.3, 0.4) is 0 Å². The molecule has 3 rings (SSSR count). The van der Waals surface area contributed by atoms with Crippen LogP contribution in [0, 0.1) is 17.3 Å². The molecule has 1 amide bonds. The second-order valence-electron chi connectivity index (χ2n) is 6.69. The zero-order chi connectivity index (χ0) is 18.0. The topological polar surface area (TPSA) is 68.0 Å². The molecule has 0 spiro atoms. The van der Waals surface area contributed by atoms with Crippen molar-refractivity contribution >= 4 is 29.1 Å². The minimum atomic E-state index is -0.135. The maximum absolute atomic E-state index is 12.3. The fourth-order valence-corrected chi connectivity index (χ4v) is 3.35. The van der Waals surface area contributed by atoms with Gasteiger partial charge in [-0.05, 0) is 29.5 Å². The van der Waals surface area contributed by atoms with Gasteiger partial charge in [0.2, 0.25) is 17.7 Å². The highest BCUT2D eigenvalue weighted by atomic mass is 35.5. The van der Waals surface area contributed by atoms with Crippen molar-refractivity contribution in [2.24, 2.45) is 17.3 Å². The van der Waals surface area contributed by atoms with Gasteiger partial charge in [-0.3, -0.25) is 4.79 Å². The van der Waals surface area contributed by atoms with Crippen LogP contribution in [0.4, 0.5) is 0 Å². The van der Waals surface area contributed by atoms with E-state index >= 15 is 0 Å². The molecule has 132 valence electrons. The van der Waals surface area contributed by atoms with Gasteiger partial charge in [0.1, 0.15) is 4.49 Å². The second-order valence-corrected chi connectivity index (χ2v) is 7.70. The number of aromatic nitrogens is 2. The molecule has 1 aromatic heterocycles. The number of carbonyl (C=O) groups is 1. The van der Waals surface area contributed by atoms with Crippen molar-refractivity contribution in [3.8, 4) is 11.5 Å². The SMILES string of the molecule is CC1(C)C(C=C(Cl)Cl)C1C(=O)NCCc1nnc(-c2ccccc2)o1. The van der Waals surface area contributed by atoms with Crippen LogP contribution in [-0.4, -0.2) is 22.6 Å². The van der Waals surface area contributed by atoms with E-state index < -0.39 is 0 Å². The van der Waals surface area contributed by atoms with Gasteiger partial charge in [0.25, 0.3) is 0 Å². The zero-order valence-electron chi connectivity index (χ0n) is 14.0. The lowest BCUT2D eigenvalue weighted by atomic mass is 10.1. The van der Waals surface area contributed by atoms with Crippen LogP contribution in [-0.2, 0) is 11.2 Å². The average molecular weight is 380 g/mol. The van der Waals surface area contributed by atoms with E-state index in [1.54, 1.807) is 6.08 Å². The monoisotopic (exact) mass is 379 g/mol. The largest absolute Gasteiger partial charge is 0.421 e. The molecule has 0 aliphatic heterocycles. The Balaban J connectivity index is 1.51. The summed E-state index contributed by atoms with van der Waals surface area (Å²) in [6, 6.07) is 9.56. The molecule has 1 aromatic carbocycles. The highest BCUT2D eigenvalue weighted by Gasteiger charge is 2.60. The van der Waals surface area contributed by atoms with Crippen LogP contribution in [0.5, 0.6) is 0 Å². The number of allylic oxidation sites excluding steroid dienone is 1. The maximum atomic E-state index is 12.3. The minimum Gasteiger partial charge on any atom is -0.421 e. The predicted molar refractivity (Wildman–Crippen MR) is 97.0 cm³/mol. The number of rotatable bonds is 6. The second kappa shape index (κ2) is 7.18. The molecular formula is C18H19Cl2N3O2. The summed E-state index contributed by atoms with van der Waals surface area (Å²) in [5.41, 5.74) is 0.738. The van der Waals surface area contributed by atoms with E-state index in [0.717, 1.165) is 5.56 Å². The molecule has 1 fully saturated rings. The van der Waals surface area contributed by atoms with Gasteiger partial charge in [-0.2, -0.15) is 0 Å². The van der Waals surface area contributed by atoms with Crippen molar-refractivity contribution in [2.75, 3.05) is 6.54 Å². The van der Waals surface area contributed by atoms with Gasteiger partial charge in [0.15, 0.2) is 0 Å². The van der Waals surface area contributed by atoms with E-state index in [0.29, 0.717) is 24.7 Å². The van der Waals surface area contributed by atoms with Gasteiger partial charge < -0.3 is 9.73 Å². The number of carbonyl (C=O) groups excluding carboxylic acids is 1. The first-order valence-electron chi connectivity index (χ1n) is 8.08. The Kier molecular flexibility index (Phi) is 5.16. The summed E-state index contributed by atoms with van der Waals surface area (Å²) in [5, 5.41) is 11.0. The predicted octanol–water partition coefficient (Wildman–Crippen LogP) is 3.99. The number of amides is 1. The van der Waals surface area contributed by atoms with Crippen molar-refractivity contribution in [2.45, 2.75) is 20.3 Å². The molecule has 1 aliphatic rings. The van der Waals surface area contributed by atoms with E-state index in [1.807, 2.05) is 44.2 Å². The van der Waals surface area contributed by atoms with Gasteiger partial charge in [-0.15, -0.1) is 10.2 Å². The molecule has 7 heteroatoms. The molecule has 25 heavy (non-hydrogen) atoms. The van der Waals surface area contributed by atoms with E-state index in [1.165, 1.54) is 0 Å². The van der Waals surface area contributed by atoms with Gasteiger partial charge in [-0.25, -0.2) is 0 Å². The van der Waals surface area contributed by atoms with Crippen molar-refractivity contribution in [1.29, 1.82) is 0 Å². The van der Waals surface area contributed by atoms with Crippen molar-refractivity contribution < 1.29 is 9.21 Å². The third kappa shape index (κ3) is 4.05. The Morgan fingerprint density at radius 2 is 2.00 bits per heavy atom. The molecular weight excluding hydrogens is 361 g/mol. The first kappa shape index (κ1) is 18.0. The highest BCUT2D eigenvalue weighted by Crippen LogP contribution is 2.59. The van der Waals surface area contributed by atoms with E-state index in [9.17, 15) is 4.79 Å². The Bertz CT molecular complexity index is 783. The smallest absolute Gasteiger partial charge is 0.247 e. The number of nitrogens with one attached hydrogen (secondary N) is 1. The maximum Gasteiger partial charge on any atom is 0.247 e. The fraction of sp³-hybridized carbons (Fsp3) is 0.389. The first-order chi connectivity index (χ1) is 11.9. The molecule has 1 saturated carbocycles. The van der Waals surface area contributed by atoms with Crippen LogP contribution < -0.4 is 5.32 Å². The Morgan fingerprint density at radius 1 is 1.28 bits per heavy atom. The normalized spacial score (nSPS) is 20.8. The molecule has 2 unspecified atom stereocenters. The molecule has 1 aliphatic carbocycles. The number of hydrogen-bond acceptors (Lipinski definition) is 4. The Hall–Kier alpha value is -1.85. The van der Waals surface area contributed by atoms with Crippen LogP contribution in [0.15, 0.2) is 45.3 Å². The third-order valence-electron chi connectivity index (χ3n) is 4.62. The summed E-state index contributed by atoms with van der Waals surface area (Å²) in [4.78, 5) is 12.3. The quantitative estimate of drug-likeness (QED) is 0.823. The number of benzene rings is 1. The summed E-state index contributed by atoms with van der Waals surface area (Å²) in [5.74, 6) is 0.901. The molecule has 2 atom stereocenters.